The summed E-state index contributed by atoms with van der Waals surface area (Å²) in [6.07, 6.45) is 0. The maximum absolute atomic E-state index is 11.6. The molecule has 0 aliphatic carbocycles. The molecule has 0 aliphatic heterocycles. The van der Waals surface area contributed by atoms with Gasteiger partial charge in [-0.15, -0.1) is 4.83 Å². The van der Waals surface area contributed by atoms with Gasteiger partial charge in [0.25, 0.3) is 10.0 Å². The van der Waals surface area contributed by atoms with Crippen molar-refractivity contribution in [3.63, 3.8) is 0 Å². The SMILES string of the molecule is CC(=O)c1ccc(S(=O)(=O)NNC(N)=S)cc1. The predicted octanol–water partition coefficient (Wildman–Crippen LogP) is -0.0843. The Morgan fingerprint density at radius 1 is 1.29 bits per heavy atom. The Morgan fingerprint density at radius 3 is 2.24 bits per heavy atom. The standard InChI is InChI=1S/C9H11N3O3S2/c1-6(13)7-2-4-8(5-3-7)17(14,15)12-11-9(10)16/h2-5,12H,1H3,(H3,10,11,16). The fourth-order valence-corrected chi connectivity index (χ4v) is 2.02. The Bertz CT molecular complexity index is 537. The Hall–Kier alpha value is -1.51. The third-order valence-electron chi connectivity index (χ3n) is 1.88. The number of nitrogens with one attached hydrogen (secondary N) is 2. The third-order valence-corrected chi connectivity index (χ3v) is 3.25. The summed E-state index contributed by atoms with van der Waals surface area (Å²) in [5, 5.41) is -0.186. The number of hydrogen-bond acceptors (Lipinski definition) is 4. The van der Waals surface area contributed by atoms with E-state index in [1.54, 1.807) is 0 Å². The van der Waals surface area contributed by atoms with Gasteiger partial charge in [0.15, 0.2) is 10.9 Å². The van der Waals surface area contributed by atoms with Crippen molar-refractivity contribution in [1.29, 1.82) is 0 Å². The molecule has 0 amide bonds. The molecule has 1 rings (SSSR count). The number of rotatable bonds is 4. The molecular weight excluding hydrogens is 262 g/mol. The Morgan fingerprint density at radius 2 is 1.82 bits per heavy atom. The zero-order valence-corrected chi connectivity index (χ0v) is 10.6. The summed E-state index contributed by atoms with van der Waals surface area (Å²) in [6, 6.07) is 5.50. The minimum atomic E-state index is -3.74. The van der Waals surface area contributed by atoms with Crippen molar-refractivity contribution in [3.8, 4) is 0 Å². The lowest BCUT2D eigenvalue weighted by molar-refractivity contribution is 0.101. The largest absolute Gasteiger partial charge is 0.375 e. The second-order valence-electron chi connectivity index (χ2n) is 3.18. The van der Waals surface area contributed by atoms with Gasteiger partial charge in [0.2, 0.25) is 0 Å². The van der Waals surface area contributed by atoms with Crippen LogP contribution in [0.2, 0.25) is 0 Å². The van der Waals surface area contributed by atoms with E-state index in [9.17, 15) is 13.2 Å². The molecule has 0 saturated heterocycles. The average molecular weight is 273 g/mol. The monoisotopic (exact) mass is 273 g/mol. The Labute approximate surface area is 104 Å². The quantitative estimate of drug-likeness (QED) is 0.403. The molecule has 0 atom stereocenters. The first-order chi connectivity index (χ1) is 7.83. The molecule has 0 saturated carbocycles. The number of thiocarbonyl (C=S) groups is 1. The third kappa shape index (κ3) is 3.77. The van der Waals surface area contributed by atoms with Crippen LogP contribution >= 0.6 is 12.2 Å². The molecule has 0 radical (unpaired) electrons. The highest BCUT2D eigenvalue weighted by Crippen LogP contribution is 2.10. The summed E-state index contributed by atoms with van der Waals surface area (Å²) in [4.78, 5) is 13.0. The van der Waals surface area contributed by atoms with E-state index in [1.807, 2.05) is 4.83 Å². The summed E-state index contributed by atoms with van der Waals surface area (Å²) in [5.74, 6) is -0.136. The molecule has 1 aromatic rings. The number of carbonyl (C=O) groups excluding carboxylic acids is 1. The number of sulfonamides is 1. The molecule has 1 aromatic carbocycles. The van der Waals surface area contributed by atoms with Gasteiger partial charge in [-0.2, -0.15) is 0 Å². The van der Waals surface area contributed by atoms with Crippen molar-refractivity contribution in [2.75, 3.05) is 0 Å². The second-order valence-corrected chi connectivity index (χ2v) is 5.30. The number of nitrogens with two attached hydrogens (primary N) is 1. The number of benzene rings is 1. The molecule has 92 valence electrons. The van der Waals surface area contributed by atoms with Crippen molar-refractivity contribution >= 4 is 33.1 Å². The van der Waals surface area contributed by atoms with Gasteiger partial charge in [-0.25, -0.2) is 8.42 Å². The van der Waals surface area contributed by atoms with Crippen LogP contribution in [0.4, 0.5) is 0 Å². The number of ketones is 1. The smallest absolute Gasteiger partial charge is 0.257 e. The highest BCUT2D eigenvalue weighted by Gasteiger charge is 2.13. The summed E-state index contributed by atoms with van der Waals surface area (Å²) < 4.78 is 23.3. The van der Waals surface area contributed by atoms with Gasteiger partial charge in [-0.1, -0.05) is 12.1 Å². The van der Waals surface area contributed by atoms with Crippen LogP contribution in [0.15, 0.2) is 29.2 Å². The van der Waals surface area contributed by atoms with E-state index in [2.05, 4.69) is 17.6 Å². The summed E-state index contributed by atoms with van der Waals surface area (Å²) in [5.41, 5.74) is 7.65. The van der Waals surface area contributed by atoms with E-state index < -0.39 is 10.0 Å². The van der Waals surface area contributed by atoms with Crippen molar-refractivity contribution in [3.05, 3.63) is 29.8 Å². The Kier molecular flexibility index (Phi) is 4.16. The molecule has 0 heterocycles. The van der Waals surface area contributed by atoms with Gasteiger partial charge < -0.3 is 5.73 Å². The lowest BCUT2D eigenvalue weighted by Gasteiger charge is -2.07. The molecule has 0 spiro atoms. The average Bonchev–Trinajstić information content (AvgIpc) is 2.27. The highest BCUT2D eigenvalue weighted by molar-refractivity contribution is 7.89. The maximum atomic E-state index is 11.6. The first kappa shape index (κ1) is 13.6. The van der Waals surface area contributed by atoms with E-state index in [0.717, 1.165) is 0 Å². The Balaban J connectivity index is 2.92. The van der Waals surface area contributed by atoms with E-state index in [0.29, 0.717) is 5.56 Å². The van der Waals surface area contributed by atoms with Crippen molar-refractivity contribution < 1.29 is 13.2 Å². The number of hydrazine groups is 1. The topological polar surface area (TPSA) is 101 Å². The van der Waals surface area contributed by atoms with Crippen LogP contribution in [-0.2, 0) is 10.0 Å². The molecular formula is C9H11N3O3S2. The molecule has 0 fully saturated rings. The number of hydrogen-bond donors (Lipinski definition) is 3. The van der Waals surface area contributed by atoms with Crippen molar-refractivity contribution in [2.24, 2.45) is 5.73 Å². The maximum Gasteiger partial charge on any atom is 0.257 e. The number of carbonyl (C=O) groups is 1. The predicted molar refractivity (Wildman–Crippen MR) is 66.7 cm³/mol. The van der Waals surface area contributed by atoms with E-state index in [-0.39, 0.29) is 15.8 Å². The molecule has 6 nitrogen and oxygen atoms in total. The zero-order chi connectivity index (χ0) is 13.1. The zero-order valence-electron chi connectivity index (χ0n) is 8.93. The van der Waals surface area contributed by atoms with Crippen molar-refractivity contribution in [1.82, 2.24) is 10.3 Å². The van der Waals surface area contributed by atoms with E-state index >= 15 is 0 Å². The minimum Gasteiger partial charge on any atom is -0.375 e. The molecule has 0 unspecified atom stereocenters. The van der Waals surface area contributed by atoms with E-state index in [1.165, 1.54) is 31.2 Å². The van der Waals surface area contributed by atoms with Crippen LogP contribution < -0.4 is 16.0 Å². The molecule has 4 N–H and O–H groups in total. The second kappa shape index (κ2) is 5.21. The molecule has 0 bridgehead atoms. The first-order valence-corrected chi connectivity index (χ1v) is 6.40. The van der Waals surface area contributed by atoms with Gasteiger partial charge in [0.05, 0.1) is 4.90 Å². The van der Waals surface area contributed by atoms with Gasteiger partial charge in [-0.05, 0) is 31.3 Å². The number of Topliss-reactive ketones (excluding diaryl/α,β-unsaturated/α-hetero) is 1. The van der Waals surface area contributed by atoms with Crippen molar-refractivity contribution in [2.45, 2.75) is 11.8 Å². The van der Waals surface area contributed by atoms with Crippen LogP contribution in [0.25, 0.3) is 0 Å². The van der Waals surface area contributed by atoms with E-state index in [4.69, 9.17) is 5.73 Å². The molecule has 0 aliphatic rings. The van der Waals surface area contributed by atoms with Crippen LogP contribution in [0.5, 0.6) is 0 Å². The van der Waals surface area contributed by atoms with Crippen LogP contribution in [0, 0.1) is 0 Å². The van der Waals surface area contributed by atoms with Crippen LogP contribution in [0.3, 0.4) is 0 Å². The normalized spacial score (nSPS) is 10.9. The van der Waals surface area contributed by atoms with Gasteiger partial charge in [0, 0.05) is 5.56 Å². The fraction of sp³-hybridized carbons (Fsp3) is 0.111. The van der Waals surface area contributed by atoms with Crippen LogP contribution in [-0.4, -0.2) is 19.3 Å². The first-order valence-electron chi connectivity index (χ1n) is 4.51. The lowest BCUT2D eigenvalue weighted by Crippen LogP contribution is -2.44. The van der Waals surface area contributed by atoms with Gasteiger partial charge in [0.1, 0.15) is 0 Å². The summed E-state index contributed by atoms with van der Waals surface area (Å²) >= 11 is 4.46. The van der Waals surface area contributed by atoms with Crippen LogP contribution in [0.1, 0.15) is 17.3 Å². The van der Waals surface area contributed by atoms with Gasteiger partial charge in [-0.3, -0.25) is 10.2 Å². The molecule has 0 aromatic heterocycles. The summed E-state index contributed by atoms with van der Waals surface area (Å²) in [6.45, 7) is 1.40. The highest BCUT2D eigenvalue weighted by atomic mass is 32.2. The summed E-state index contributed by atoms with van der Waals surface area (Å²) in [7, 11) is -3.74. The molecule has 17 heavy (non-hydrogen) atoms. The van der Waals surface area contributed by atoms with Gasteiger partial charge >= 0.3 is 0 Å². The lowest BCUT2D eigenvalue weighted by atomic mass is 10.2. The minimum absolute atomic E-state index is 0.00579. The fourth-order valence-electron chi connectivity index (χ4n) is 1.05. The molecule has 8 heteroatoms.